The fourth-order valence-electron chi connectivity index (χ4n) is 2.00. The van der Waals surface area contributed by atoms with Crippen molar-refractivity contribution in [2.24, 2.45) is 5.73 Å². The van der Waals surface area contributed by atoms with Gasteiger partial charge in [0, 0.05) is 17.8 Å². The topological polar surface area (TPSA) is 82.0 Å². The smallest absolute Gasteiger partial charge is 0.281 e. The normalized spacial score (nSPS) is 12.6. The number of benzene rings is 1. The van der Waals surface area contributed by atoms with Crippen molar-refractivity contribution in [2.75, 3.05) is 0 Å². The van der Waals surface area contributed by atoms with E-state index in [1.54, 1.807) is 12.1 Å². The monoisotopic (exact) mass is 263 g/mol. The maximum absolute atomic E-state index is 14.0. The Kier molecular flexibility index (Phi) is 3.71. The van der Waals surface area contributed by atoms with Crippen LogP contribution in [0.5, 0.6) is 0 Å². The Bertz CT molecular complexity index is 631. The Balaban J connectivity index is 2.68. The lowest BCUT2D eigenvalue weighted by Gasteiger charge is -2.12. The maximum atomic E-state index is 14.0. The molecule has 2 rings (SSSR count). The Morgan fingerprint density at radius 2 is 2.32 bits per heavy atom. The van der Waals surface area contributed by atoms with Crippen LogP contribution in [0.4, 0.5) is 10.1 Å². The molecule has 0 aliphatic rings. The van der Waals surface area contributed by atoms with Crippen molar-refractivity contribution in [2.45, 2.75) is 25.8 Å². The highest BCUT2D eigenvalue weighted by Gasteiger charge is 2.20. The highest BCUT2D eigenvalue weighted by Crippen LogP contribution is 2.29. The van der Waals surface area contributed by atoms with Gasteiger partial charge >= 0.3 is 0 Å². The number of nitrogens with zero attached hydrogens (tertiary/aromatic N) is 2. The predicted molar refractivity (Wildman–Crippen MR) is 70.3 cm³/mol. The summed E-state index contributed by atoms with van der Waals surface area (Å²) in [7, 11) is 0. The van der Waals surface area contributed by atoms with Gasteiger partial charge in [0.1, 0.15) is 5.82 Å². The van der Waals surface area contributed by atoms with Crippen LogP contribution in [0, 0.1) is 15.9 Å². The zero-order valence-corrected chi connectivity index (χ0v) is 10.5. The average Bonchev–Trinajstić information content (AvgIpc) is 2.41. The zero-order valence-electron chi connectivity index (χ0n) is 10.5. The molecule has 100 valence electrons. The fourth-order valence-corrected chi connectivity index (χ4v) is 2.00. The minimum atomic E-state index is -0.623. The molecule has 0 saturated heterocycles. The summed E-state index contributed by atoms with van der Waals surface area (Å²) < 4.78 is 14.0. The van der Waals surface area contributed by atoms with Gasteiger partial charge in [0.15, 0.2) is 0 Å². The van der Waals surface area contributed by atoms with Gasteiger partial charge in [-0.2, -0.15) is 0 Å². The van der Waals surface area contributed by atoms with E-state index in [1.165, 1.54) is 6.20 Å². The highest BCUT2D eigenvalue weighted by atomic mass is 19.1. The van der Waals surface area contributed by atoms with Gasteiger partial charge in [0.05, 0.1) is 21.9 Å². The summed E-state index contributed by atoms with van der Waals surface area (Å²) in [5, 5.41) is 11.3. The first kappa shape index (κ1) is 13.4. The molecule has 6 heteroatoms. The largest absolute Gasteiger partial charge is 0.327 e. The third kappa shape index (κ3) is 2.53. The Morgan fingerprint density at radius 3 is 2.95 bits per heavy atom. The molecular formula is C13H14FN3O2. The van der Waals surface area contributed by atoms with Crippen molar-refractivity contribution in [1.82, 2.24) is 4.98 Å². The summed E-state index contributed by atoms with van der Waals surface area (Å²) in [6.45, 7) is 1.91. The quantitative estimate of drug-likeness (QED) is 0.678. The van der Waals surface area contributed by atoms with Crippen LogP contribution in [0.3, 0.4) is 0 Å². The summed E-state index contributed by atoms with van der Waals surface area (Å²) in [6.07, 6.45) is 2.51. The number of nitrogens with two attached hydrogens (primary N) is 1. The van der Waals surface area contributed by atoms with Gasteiger partial charge in [-0.25, -0.2) is 4.39 Å². The predicted octanol–water partition coefficient (Wildman–Crippen LogP) is 2.56. The van der Waals surface area contributed by atoms with Crippen LogP contribution in [0.2, 0.25) is 0 Å². The number of hydrogen-bond acceptors (Lipinski definition) is 4. The van der Waals surface area contributed by atoms with E-state index in [1.807, 2.05) is 6.92 Å². The highest BCUT2D eigenvalue weighted by molar-refractivity contribution is 5.90. The second-order valence-electron chi connectivity index (χ2n) is 4.39. The van der Waals surface area contributed by atoms with Crippen LogP contribution < -0.4 is 5.73 Å². The summed E-state index contributed by atoms with van der Waals surface area (Å²) in [6, 6.07) is 3.92. The Morgan fingerprint density at radius 1 is 1.58 bits per heavy atom. The molecule has 0 aliphatic carbocycles. The van der Waals surface area contributed by atoms with Gasteiger partial charge in [0.2, 0.25) is 0 Å². The van der Waals surface area contributed by atoms with Crippen molar-refractivity contribution >= 4 is 16.6 Å². The van der Waals surface area contributed by atoms with Gasteiger partial charge in [-0.15, -0.1) is 0 Å². The number of nitro groups is 1. The molecule has 19 heavy (non-hydrogen) atoms. The van der Waals surface area contributed by atoms with Crippen molar-refractivity contribution < 1.29 is 9.31 Å². The average molecular weight is 263 g/mol. The van der Waals surface area contributed by atoms with Gasteiger partial charge in [-0.3, -0.25) is 15.1 Å². The summed E-state index contributed by atoms with van der Waals surface area (Å²) in [4.78, 5) is 14.4. The first-order valence-corrected chi connectivity index (χ1v) is 6.00. The van der Waals surface area contributed by atoms with Crippen LogP contribution in [-0.2, 0) is 6.42 Å². The van der Waals surface area contributed by atoms with E-state index >= 15 is 0 Å². The number of aromatic nitrogens is 1. The Labute approximate surface area is 109 Å². The van der Waals surface area contributed by atoms with E-state index in [0.717, 1.165) is 6.07 Å². The number of fused-ring (bicyclic) bond motifs is 1. The van der Waals surface area contributed by atoms with Crippen molar-refractivity contribution in [3.05, 3.63) is 45.9 Å². The molecule has 0 saturated carbocycles. The number of pyridine rings is 1. The molecule has 0 bridgehead atoms. The van der Waals surface area contributed by atoms with Crippen molar-refractivity contribution in [3.63, 3.8) is 0 Å². The molecule has 2 aromatic rings. The third-order valence-corrected chi connectivity index (χ3v) is 3.11. The molecular weight excluding hydrogens is 249 g/mol. The SMILES string of the molecule is CCC(N)Cc1c(F)cc([N+](=O)[O-])c2cccnc12. The fraction of sp³-hybridized carbons (Fsp3) is 0.308. The summed E-state index contributed by atoms with van der Waals surface area (Å²) in [5.41, 5.74) is 6.23. The van der Waals surface area contributed by atoms with Gasteiger partial charge in [0.25, 0.3) is 5.69 Å². The number of non-ortho nitro benzene ring substituents is 1. The molecule has 1 atom stereocenters. The summed E-state index contributed by atoms with van der Waals surface area (Å²) in [5.74, 6) is -0.623. The van der Waals surface area contributed by atoms with Crippen LogP contribution in [0.25, 0.3) is 10.9 Å². The molecule has 1 heterocycles. The molecule has 2 N–H and O–H groups in total. The van der Waals surface area contributed by atoms with E-state index in [9.17, 15) is 14.5 Å². The molecule has 0 fully saturated rings. The molecule has 5 nitrogen and oxygen atoms in total. The summed E-state index contributed by atoms with van der Waals surface area (Å²) >= 11 is 0. The van der Waals surface area contributed by atoms with Crippen molar-refractivity contribution in [1.29, 1.82) is 0 Å². The standard InChI is InChI=1S/C13H14FN3O2/c1-2-8(15)6-10-11(14)7-12(17(18)19)9-4-3-5-16-13(9)10/h3-5,7-8H,2,6,15H2,1H3. The lowest BCUT2D eigenvalue weighted by molar-refractivity contribution is -0.383. The van der Waals surface area contributed by atoms with Crippen molar-refractivity contribution in [3.8, 4) is 0 Å². The van der Waals surface area contributed by atoms with Crippen LogP contribution in [-0.4, -0.2) is 15.9 Å². The van der Waals surface area contributed by atoms with E-state index in [0.29, 0.717) is 29.3 Å². The number of hydrogen-bond donors (Lipinski definition) is 1. The van der Waals surface area contributed by atoms with Crippen LogP contribution in [0.1, 0.15) is 18.9 Å². The van der Waals surface area contributed by atoms with E-state index < -0.39 is 10.7 Å². The lowest BCUT2D eigenvalue weighted by Crippen LogP contribution is -2.22. The first-order chi connectivity index (χ1) is 9.04. The number of halogens is 1. The molecule has 0 radical (unpaired) electrons. The lowest BCUT2D eigenvalue weighted by atomic mass is 10.00. The van der Waals surface area contributed by atoms with E-state index in [2.05, 4.69) is 4.98 Å². The zero-order chi connectivity index (χ0) is 14.0. The van der Waals surface area contributed by atoms with E-state index in [-0.39, 0.29) is 11.7 Å². The molecule has 1 aromatic carbocycles. The second kappa shape index (κ2) is 5.27. The minimum absolute atomic E-state index is 0.193. The van der Waals surface area contributed by atoms with Gasteiger partial charge < -0.3 is 5.73 Å². The Hall–Kier alpha value is -2.08. The maximum Gasteiger partial charge on any atom is 0.281 e. The first-order valence-electron chi connectivity index (χ1n) is 6.00. The van der Waals surface area contributed by atoms with Crippen LogP contribution >= 0.6 is 0 Å². The van der Waals surface area contributed by atoms with Crippen LogP contribution in [0.15, 0.2) is 24.4 Å². The van der Waals surface area contributed by atoms with E-state index in [4.69, 9.17) is 5.73 Å². The third-order valence-electron chi connectivity index (χ3n) is 3.11. The molecule has 0 aliphatic heterocycles. The molecule has 0 amide bonds. The number of rotatable bonds is 4. The molecule has 0 spiro atoms. The minimum Gasteiger partial charge on any atom is -0.327 e. The second-order valence-corrected chi connectivity index (χ2v) is 4.39. The van der Waals surface area contributed by atoms with Gasteiger partial charge in [-0.05, 0) is 25.0 Å². The molecule has 1 unspecified atom stereocenters. The molecule has 1 aromatic heterocycles. The number of nitro benzene ring substituents is 1. The van der Waals surface area contributed by atoms with Gasteiger partial charge in [-0.1, -0.05) is 6.92 Å².